The molecule has 5 nitrogen and oxygen atoms in total. The molecule has 1 unspecified atom stereocenters. The zero-order valence-corrected chi connectivity index (χ0v) is 13.9. The van der Waals surface area contributed by atoms with Crippen molar-refractivity contribution in [3.63, 3.8) is 0 Å². The largest absolute Gasteiger partial charge is 0.486 e. The fourth-order valence-corrected chi connectivity index (χ4v) is 3.74. The molecule has 0 aliphatic heterocycles. The van der Waals surface area contributed by atoms with Crippen molar-refractivity contribution >= 4 is 17.5 Å². The molecule has 0 spiro atoms. The third-order valence-electron chi connectivity index (χ3n) is 5.10. The number of carbonyl (C=O) groups is 2. The lowest BCUT2D eigenvalue weighted by Gasteiger charge is -2.30. The number of Topliss-reactive ketones (excluding diaryl/α,β-unsaturated/α-hetero) is 1. The van der Waals surface area contributed by atoms with Crippen LogP contribution in [0, 0.1) is 0 Å². The van der Waals surface area contributed by atoms with Crippen molar-refractivity contribution in [2.45, 2.75) is 82.5 Å². The van der Waals surface area contributed by atoms with Gasteiger partial charge in [0.25, 0.3) is 0 Å². The quantitative estimate of drug-likeness (QED) is 0.585. The van der Waals surface area contributed by atoms with E-state index in [1.54, 1.807) is 5.94 Å². The maximum absolute atomic E-state index is 12.5. The fraction of sp³-hybridized carbons (Fsp3) is 0.684. The first kappa shape index (κ1) is 17.1. The molecule has 1 atom stereocenters. The minimum Gasteiger partial charge on any atom is -0.486 e. The van der Waals surface area contributed by atoms with E-state index in [1.165, 1.54) is 12.5 Å². The molecule has 0 aromatic heterocycles. The van der Waals surface area contributed by atoms with Crippen LogP contribution in [0.2, 0.25) is 0 Å². The molecule has 0 aromatic rings. The molecule has 0 aromatic carbocycles. The molecule has 3 aliphatic rings. The highest BCUT2D eigenvalue weighted by molar-refractivity contribution is 6.22. The van der Waals surface area contributed by atoms with Crippen molar-refractivity contribution in [3.05, 3.63) is 17.4 Å². The van der Waals surface area contributed by atoms with E-state index in [4.69, 9.17) is 9.47 Å². The molecule has 3 rings (SSSR count). The van der Waals surface area contributed by atoms with Gasteiger partial charge in [-0.2, -0.15) is 0 Å². The Morgan fingerprint density at radius 2 is 1.46 bits per heavy atom. The van der Waals surface area contributed by atoms with Gasteiger partial charge < -0.3 is 9.47 Å². The van der Waals surface area contributed by atoms with Crippen LogP contribution in [0.15, 0.2) is 17.4 Å². The van der Waals surface area contributed by atoms with Crippen molar-refractivity contribution in [2.75, 3.05) is 0 Å². The molecular formula is C19H24O5. The van der Waals surface area contributed by atoms with Gasteiger partial charge in [0.1, 0.15) is 11.5 Å². The number of allylic oxidation sites excluding steroid dienone is 1. The van der Waals surface area contributed by atoms with E-state index in [1.807, 2.05) is 0 Å². The summed E-state index contributed by atoms with van der Waals surface area (Å²) in [5, 5.41) is 0. The first-order valence-corrected chi connectivity index (χ1v) is 9.06. The number of hydrogen-bond donors (Lipinski definition) is 0. The maximum Gasteiger partial charge on any atom is 0.237 e. The zero-order valence-electron chi connectivity index (χ0n) is 13.9. The summed E-state index contributed by atoms with van der Waals surface area (Å²) < 4.78 is 11.5. The van der Waals surface area contributed by atoms with E-state index in [0.29, 0.717) is 0 Å². The van der Waals surface area contributed by atoms with Crippen LogP contribution >= 0.6 is 0 Å². The van der Waals surface area contributed by atoms with E-state index in [0.717, 1.165) is 57.8 Å². The lowest BCUT2D eigenvalue weighted by atomic mass is 9.92. The Kier molecular flexibility index (Phi) is 5.64. The molecule has 24 heavy (non-hydrogen) atoms. The summed E-state index contributed by atoms with van der Waals surface area (Å²) in [6.45, 7) is 0. The Morgan fingerprint density at radius 3 is 2.04 bits per heavy atom. The van der Waals surface area contributed by atoms with Gasteiger partial charge in [-0.15, -0.1) is 0 Å². The van der Waals surface area contributed by atoms with Crippen molar-refractivity contribution in [2.24, 2.45) is 0 Å². The highest BCUT2D eigenvalue weighted by atomic mass is 16.5. The summed E-state index contributed by atoms with van der Waals surface area (Å²) in [7, 11) is 0. The Hall–Kier alpha value is -1.71. The van der Waals surface area contributed by atoms with Crippen LogP contribution in [0.1, 0.15) is 64.2 Å². The molecule has 0 bridgehead atoms. The van der Waals surface area contributed by atoms with Crippen LogP contribution < -0.4 is 0 Å². The third kappa shape index (κ3) is 3.85. The van der Waals surface area contributed by atoms with Crippen molar-refractivity contribution in [3.8, 4) is 0 Å². The summed E-state index contributed by atoms with van der Waals surface area (Å²) >= 11 is 0. The van der Waals surface area contributed by atoms with E-state index < -0.39 is 11.9 Å². The van der Waals surface area contributed by atoms with Gasteiger partial charge >= 0.3 is 0 Å². The van der Waals surface area contributed by atoms with Gasteiger partial charge in [0.15, 0.2) is 17.6 Å². The van der Waals surface area contributed by atoms with Gasteiger partial charge in [0.05, 0.1) is 12.2 Å². The summed E-state index contributed by atoms with van der Waals surface area (Å²) in [5.74, 6) is 0.692. The summed E-state index contributed by atoms with van der Waals surface area (Å²) in [6, 6.07) is 0. The highest BCUT2D eigenvalue weighted by Gasteiger charge is 2.39. The minimum atomic E-state index is -1.11. The fourth-order valence-electron chi connectivity index (χ4n) is 3.74. The van der Waals surface area contributed by atoms with Gasteiger partial charge in [-0.25, -0.2) is 4.79 Å². The molecule has 0 N–H and O–H groups in total. The topological polar surface area (TPSA) is 69.7 Å². The van der Waals surface area contributed by atoms with Gasteiger partial charge in [-0.05, 0) is 38.5 Å². The second-order valence-electron chi connectivity index (χ2n) is 6.91. The predicted molar refractivity (Wildman–Crippen MR) is 87.0 cm³/mol. The summed E-state index contributed by atoms with van der Waals surface area (Å²) in [6.07, 6.45) is 9.99. The zero-order chi connectivity index (χ0) is 16.9. The number of ether oxygens (including phenoxy) is 2. The van der Waals surface area contributed by atoms with E-state index in [9.17, 15) is 14.4 Å². The molecule has 0 amide bonds. The average molecular weight is 332 g/mol. The molecule has 130 valence electrons. The predicted octanol–water partition coefficient (Wildman–Crippen LogP) is 2.85. The Balaban J connectivity index is 1.72. The maximum atomic E-state index is 12.5. The Labute approximate surface area is 142 Å². The van der Waals surface area contributed by atoms with Crippen LogP contribution in [0.25, 0.3) is 0 Å². The molecule has 0 heterocycles. The molecule has 0 saturated heterocycles. The number of rotatable bonds is 4. The van der Waals surface area contributed by atoms with Crippen LogP contribution in [0.3, 0.4) is 0 Å². The Morgan fingerprint density at radius 1 is 0.875 bits per heavy atom. The van der Waals surface area contributed by atoms with Crippen LogP contribution in [-0.2, 0) is 23.9 Å². The second-order valence-corrected chi connectivity index (χ2v) is 6.91. The van der Waals surface area contributed by atoms with Crippen molar-refractivity contribution in [1.29, 1.82) is 0 Å². The first-order valence-electron chi connectivity index (χ1n) is 9.06. The third-order valence-corrected chi connectivity index (χ3v) is 5.10. The van der Waals surface area contributed by atoms with Crippen molar-refractivity contribution in [1.82, 2.24) is 0 Å². The van der Waals surface area contributed by atoms with E-state index in [2.05, 4.69) is 0 Å². The van der Waals surface area contributed by atoms with Crippen LogP contribution in [0.4, 0.5) is 0 Å². The highest BCUT2D eigenvalue weighted by Crippen LogP contribution is 2.29. The number of carbonyl (C=O) groups excluding carboxylic acids is 3. The smallest absolute Gasteiger partial charge is 0.237 e. The monoisotopic (exact) mass is 332 g/mol. The number of hydrogen-bond acceptors (Lipinski definition) is 5. The average Bonchev–Trinajstić information content (AvgIpc) is 2.61. The van der Waals surface area contributed by atoms with E-state index >= 15 is 0 Å². The SMILES string of the molecule is O=C=C1C(=O)C(OC2CCCCC2)=CC(=O)C1OC1CCCCC1. The molecular weight excluding hydrogens is 308 g/mol. The van der Waals surface area contributed by atoms with Gasteiger partial charge in [-0.1, -0.05) is 25.7 Å². The van der Waals surface area contributed by atoms with E-state index in [-0.39, 0.29) is 29.3 Å². The molecule has 2 fully saturated rings. The normalized spacial score (nSPS) is 26.9. The lowest BCUT2D eigenvalue weighted by Crippen LogP contribution is -2.39. The number of ketones is 2. The molecule has 3 aliphatic carbocycles. The Bertz CT molecular complexity index is 573. The van der Waals surface area contributed by atoms with Crippen LogP contribution in [-0.4, -0.2) is 35.8 Å². The van der Waals surface area contributed by atoms with Crippen LogP contribution in [0.5, 0.6) is 0 Å². The van der Waals surface area contributed by atoms with Gasteiger partial charge in [0.2, 0.25) is 5.78 Å². The van der Waals surface area contributed by atoms with Gasteiger partial charge in [0, 0.05) is 6.08 Å². The molecule has 5 heteroatoms. The molecule has 2 saturated carbocycles. The lowest BCUT2D eigenvalue weighted by molar-refractivity contribution is -0.133. The van der Waals surface area contributed by atoms with Gasteiger partial charge in [-0.3, -0.25) is 9.59 Å². The summed E-state index contributed by atoms with van der Waals surface area (Å²) in [4.78, 5) is 36.2. The second kappa shape index (κ2) is 7.91. The molecule has 0 radical (unpaired) electrons. The standard InChI is InChI=1S/C19H24O5/c20-12-15-18(22)17(23-13-7-3-1-4-8-13)11-16(21)19(15)24-14-9-5-2-6-10-14/h11,13-14,19H,1-10H2. The first-order chi connectivity index (χ1) is 11.7. The van der Waals surface area contributed by atoms with Crippen molar-refractivity contribution < 1.29 is 23.9 Å². The summed E-state index contributed by atoms with van der Waals surface area (Å²) in [5.41, 5.74) is -0.237. The minimum absolute atomic E-state index is 0.0197.